The molecular weight excluding hydrogens is 799 g/mol. The molecule has 0 bridgehead atoms. The van der Waals surface area contributed by atoms with Gasteiger partial charge in [-0.3, -0.25) is 0 Å². The summed E-state index contributed by atoms with van der Waals surface area (Å²) in [6.45, 7) is 0. The molecule has 0 aliphatic rings. The molecular formula is C59H35N3OS. The van der Waals surface area contributed by atoms with E-state index in [1.54, 1.807) is 0 Å². The zero-order valence-corrected chi connectivity index (χ0v) is 35.2. The molecule has 0 spiro atoms. The molecule has 0 N–H and O–H groups in total. The molecule has 298 valence electrons. The number of hydrogen-bond donors (Lipinski definition) is 0. The Morgan fingerprint density at radius 2 is 0.906 bits per heavy atom. The number of nitrogens with zero attached hydrogens (tertiary/aromatic N) is 3. The van der Waals surface area contributed by atoms with Crippen LogP contribution in [0, 0.1) is 0 Å². The third-order valence-corrected chi connectivity index (χ3v) is 13.7. The van der Waals surface area contributed by atoms with E-state index in [2.05, 4.69) is 176 Å². The first-order chi connectivity index (χ1) is 31.7. The lowest BCUT2D eigenvalue weighted by molar-refractivity contribution is 0.669. The summed E-state index contributed by atoms with van der Waals surface area (Å²) < 4.78 is 8.78. The second-order valence-corrected chi connectivity index (χ2v) is 17.3. The number of hydrogen-bond acceptors (Lipinski definition) is 5. The van der Waals surface area contributed by atoms with Gasteiger partial charge in [0.1, 0.15) is 11.2 Å². The lowest BCUT2D eigenvalue weighted by atomic mass is 9.91. The van der Waals surface area contributed by atoms with Gasteiger partial charge in [0.05, 0.1) is 22.6 Å². The summed E-state index contributed by atoms with van der Waals surface area (Å²) in [5.41, 5.74) is 14.2. The van der Waals surface area contributed by atoms with Gasteiger partial charge in [0, 0.05) is 74.9 Å². The van der Waals surface area contributed by atoms with Crippen molar-refractivity contribution in [3.05, 3.63) is 212 Å². The van der Waals surface area contributed by atoms with Gasteiger partial charge in [-0.05, 0) is 65.2 Å². The predicted molar refractivity (Wildman–Crippen MR) is 268 cm³/mol. The van der Waals surface area contributed by atoms with Gasteiger partial charge in [0.15, 0.2) is 5.82 Å². The Balaban J connectivity index is 0.993. The molecule has 0 radical (unpaired) electrons. The molecule has 0 saturated carbocycles. The topological polar surface area (TPSA) is 51.8 Å². The first kappa shape index (κ1) is 36.4. The molecule has 64 heavy (non-hydrogen) atoms. The summed E-state index contributed by atoms with van der Waals surface area (Å²) in [4.78, 5) is 15.7. The largest absolute Gasteiger partial charge is 0.456 e. The molecule has 5 heteroatoms. The van der Waals surface area contributed by atoms with Gasteiger partial charge in [-0.25, -0.2) is 15.0 Å². The van der Waals surface area contributed by atoms with Crippen molar-refractivity contribution in [2.45, 2.75) is 0 Å². The summed E-state index contributed by atoms with van der Waals surface area (Å²) in [5, 5.41) is 8.19. The van der Waals surface area contributed by atoms with Crippen molar-refractivity contribution in [3.8, 4) is 67.4 Å². The molecule has 0 atom stereocenters. The fraction of sp³-hybridized carbons (Fsp3) is 0. The van der Waals surface area contributed by atoms with E-state index in [0.29, 0.717) is 5.82 Å². The van der Waals surface area contributed by atoms with Crippen LogP contribution in [0.15, 0.2) is 217 Å². The molecule has 0 unspecified atom stereocenters. The molecule has 0 aliphatic heterocycles. The van der Waals surface area contributed by atoms with Crippen molar-refractivity contribution in [1.29, 1.82) is 0 Å². The van der Waals surface area contributed by atoms with Crippen LogP contribution in [-0.4, -0.2) is 15.0 Å². The Kier molecular flexibility index (Phi) is 8.36. The molecule has 0 aliphatic carbocycles. The second-order valence-electron chi connectivity index (χ2n) is 16.3. The van der Waals surface area contributed by atoms with Crippen LogP contribution >= 0.6 is 11.3 Å². The highest BCUT2D eigenvalue weighted by Gasteiger charge is 2.21. The Bertz CT molecular complexity index is 3930. The Morgan fingerprint density at radius 3 is 1.66 bits per heavy atom. The smallest absolute Gasteiger partial charge is 0.160 e. The van der Waals surface area contributed by atoms with E-state index >= 15 is 0 Å². The third-order valence-electron chi connectivity index (χ3n) is 12.5. The summed E-state index contributed by atoms with van der Waals surface area (Å²) >= 11 is 1.86. The lowest BCUT2D eigenvalue weighted by Crippen LogP contribution is -1.96. The van der Waals surface area contributed by atoms with Crippen molar-refractivity contribution in [1.82, 2.24) is 15.0 Å². The average Bonchev–Trinajstić information content (AvgIpc) is 3.95. The maximum atomic E-state index is 6.27. The number of furan rings is 1. The van der Waals surface area contributed by atoms with E-state index in [1.165, 1.54) is 42.2 Å². The Hall–Kier alpha value is -8.25. The molecule has 4 nitrogen and oxygen atoms in total. The van der Waals surface area contributed by atoms with Crippen molar-refractivity contribution in [2.24, 2.45) is 0 Å². The summed E-state index contributed by atoms with van der Waals surface area (Å²) in [6.07, 6.45) is 0. The van der Waals surface area contributed by atoms with E-state index in [9.17, 15) is 0 Å². The van der Waals surface area contributed by atoms with Crippen molar-refractivity contribution < 1.29 is 4.42 Å². The lowest BCUT2D eigenvalue weighted by Gasteiger charge is -2.15. The summed E-state index contributed by atoms with van der Waals surface area (Å²) in [6, 6.07) is 74.9. The van der Waals surface area contributed by atoms with Gasteiger partial charge >= 0.3 is 0 Å². The number of pyridine rings is 1. The monoisotopic (exact) mass is 833 g/mol. The molecule has 13 rings (SSSR count). The van der Waals surface area contributed by atoms with Crippen LogP contribution in [0.25, 0.3) is 131 Å². The van der Waals surface area contributed by atoms with Crippen LogP contribution in [0.3, 0.4) is 0 Å². The normalized spacial score (nSPS) is 11.8. The van der Waals surface area contributed by atoms with Crippen molar-refractivity contribution >= 4 is 75.1 Å². The van der Waals surface area contributed by atoms with E-state index in [1.807, 2.05) is 47.7 Å². The van der Waals surface area contributed by atoms with E-state index < -0.39 is 0 Å². The maximum absolute atomic E-state index is 6.27. The molecule has 9 aromatic carbocycles. The molecule has 4 heterocycles. The average molecular weight is 834 g/mol. The Morgan fingerprint density at radius 1 is 0.344 bits per heavy atom. The standard InChI is InChI=1S/C59H35N3OS/c1-3-13-36(14-4-1)37-23-27-39(28-24-37)50-35-51(62-59(61-50)41-15-5-2-6-16-41)40-29-25-38(26-30-40)46-34-48-55(56-45-19-9-12-22-54(45)64-58(46)56)44-18-7-10-20-49(44)60-57(48)42-31-32-53-47(33-42)43-17-8-11-21-52(43)63-53/h1-35H. The maximum Gasteiger partial charge on any atom is 0.160 e. The van der Waals surface area contributed by atoms with E-state index in [-0.39, 0.29) is 0 Å². The van der Waals surface area contributed by atoms with Gasteiger partial charge in [-0.1, -0.05) is 164 Å². The molecule has 4 aromatic heterocycles. The van der Waals surface area contributed by atoms with Gasteiger partial charge in [-0.15, -0.1) is 11.3 Å². The van der Waals surface area contributed by atoms with Crippen LogP contribution in [0.5, 0.6) is 0 Å². The van der Waals surface area contributed by atoms with Crippen LogP contribution in [0.4, 0.5) is 0 Å². The van der Waals surface area contributed by atoms with Gasteiger partial charge in [-0.2, -0.15) is 0 Å². The third kappa shape index (κ3) is 6.01. The van der Waals surface area contributed by atoms with Crippen molar-refractivity contribution in [2.75, 3.05) is 0 Å². The minimum Gasteiger partial charge on any atom is -0.456 e. The Labute approximate surface area is 372 Å². The number of benzene rings is 9. The van der Waals surface area contributed by atoms with Gasteiger partial charge in [0.2, 0.25) is 0 Å². The predicted octanol–water partition coefficient (Wildman–Crippen LogP) is 16.4. The number of thiophene rings is 1. The highest BCUT2D eigenvalue weighted by Crippen LogP contribution is 2.48. The summed E-state index contributed by atoms with van der Waals surface area (Å²) in [7, 11) is 0. The number of rotatable bonds is 6. The van der Waals surface area contributed by atoms with Crippen LogP contribution in [-0.2, 0) is 0 Å². The highest BCUT2D eigenvalue weighted by atomic mass is 32.1. The van der Waals surface area contributed by atoms with E-state index in [4.69, 9.17) is 19.4 Å². The SMILES string of the molecule is c1ccc(-c2ccc(-c3cc(-c4ccc(-c5cc6c(-c7ccc8oc9ccccc9c8c7)nc7ccccc7c6c6c5sc5ccccc56)cc4)nc(-c4ccccc4)n3)cc2)cc1. The second kappa shape index (κ2) is 14.7. The van der Waals surface area contributed by atoms with Crippen molar-refractivity contribution in [3.63, 3.8) is 0 Å². The van der Waals surface area contributed by atoms with Crippen LogP contribution in [0.1, 0.15) is 0 Å². The first-order valence-electron chi connectivity index (χ1n) is 21.5. The quantitative estimate of drug-likeness (QED) is 0.157. The van der Waals surface area contributed by atoms with Crippen LogP contribution < -0.4 is 0 Å². The van der Waals surface area contributed by atoms with Crippen LogP contribution in [0.2, 0.25) is 0 Å². The van der Waals surface area contributed by atoms with Gasteiger partial charge in [0.25, 0.3) is 0 Å². The molecule has 13 aromatic rings. The number of aromatic nitrogens is 3. The highest BCUT2D eigenvalue weighted by molar-refractivity contribution is 7.26. The molecule has 0 saturated heterocycles. The first-order valence-corrected chi connectivity index (χ1v) is 22.3. The minimum atomic E-state index is 0.694. The number of para-hydroxylation sites is 2. The number of fused-ring (bicyclic) bond motifs is 10. The minimum absolute atomic E-state index is 0.694. The fourth-order valence-electron chi connectivity index (χ4n) is 9.38. The molecule has 0 fully saturated rings. The fourth-order valence-corrected chi connectivity index (χ4v) is 10.6. The zero-order chi connectivity index (χ0) is 42.1. The van der Waals surface area contributed by atoms with Gasteiger partial charge < -0.3 is 4.42 Å². The molecule has 0 amide bonds. The summed E-state index contributed by atoms with van der Waals surface area (Å²) in [5.74, 6) is 0.694. The van der Waals surface area contributed by atoms with E-state index in [0.717, 1.165) is 83.1 Å². The zero-order valence-electron chi connectivity index (χ0n) is 34.4.